The van der Waals surface area contributed by atoms with Gasteiger partial charge in [0.05, 0.1) is 0 Å². The highest BCUT2D eigenvalue weighted by molar-refractivity contribution is 5.99. The fourth-order valence-corrected chi connectivity index (χ4v) is 3.09. The van der Waals surface area contributed by atoms with E-state index in [9.17, 15) is 4.79 Å². The zero-order chi connectivity index (χ0) is 17.0. The predicted octanol–water partition coefficient (Wildman–Crippen LogP) is 3.56. The number of carbonyl (C=O) groups is 1. The lowest BCUT2D eigenvalue weighted by Crippen LogP contribution is -2.30. The topological polar surface area (TPSA) is 65.1 Å². The molecule has 23 heavy (non-hydrogen) atoms. The number of aromatic amines is 1. The van der Waals surface area contributed by atoms with Crippen molar-refractivity contribution in [2.24, 2.45) is 11.8 Å². The Morgan fingerprint density at radius 3 is 2.70 bits per heavy atom. The standard InChI is InChI=1S/C19H28N2O2/c1-12(2)9-15(7-8-22)11-20-19(23)16-5-6-18-17(10-16)13(3)14(4)21-18/h5-6,10,12,15,21-22H,7-9,11H2,1-4H3,(H,20,23). The molecule has 1 aromatic heterocycles. The monoisotopic (exact) mass is 316 g/mol. The molecule has 0 fully saturated rings. The average Bonchev–Trinajstić information content (AvgIpc) is 2.79. The molecule has 4 heteroatoms. The van der Waals surface area contributed by atoms with E-state index >= 15 is 0 Å². The first kappa shape index (κ1) is 17.5. The first-order valence-electron chi connectivity index (χ1n) is 8.40. The minimum Gasteiger partial charge on any atom is -0.396 e. The Morgan fingerprint density at radius 2 is 2.04 bits per heavy atom. The maximum Gasteiger partial charge on any atom is 0.251 e. The minimum atomic E-state index is -0.0446. The van der Waals surface area contributed by atoms with Crippen molar-refractivity contribution in [2.75, 3.05) is 13.2 Å². The van der Waals surface area contributed by atoms with Gasteiger partial charge in [0, 0.05) is 35.3 Å². The molecule has 0 saturated heterocycles. The lowest BCUT2D eigenvalue weighted by molar-refractivity contribution is 0.0941. The second kappa shape index (κ2) is 7.64. The Balaban J connectivity index is 2.06. The summed E-state index contributed by atoms with van der Waals surface area (Å²) in [4.78, 5) is 15.7. The maximum absolute atomic E-state index is 12.4. The van der Waals surface area contributed by atoms with Crippen molar-refractivity contribution < 1.29 is 9.90 Å². The molecular formula is C19H28N2O2. The third-order valence-electron chi connectivity index (χ3n) is 4.46. The molecule has 4 nitrogen and oxygen atoms in total. The van der Waals surface area contributed by atoms with Gasteiger partial charge >= 0.3 is 0 Å². The van der Waals surface area contributed by atoms with E-state index in [0.717, 1.165) is 29.4 Å². The SMILES string of the molecule is Cc1[nH]c2ccc(C(=O)NCC(CCO)CC(C)C)cc2c1C. The highest BCUT2D eigenvalue weighted by Gasteiger charge is 2.14. The molecule has 0 spiro atoms. The van der Waals surface area contributed by atoms with Crippen LogP contribution in [0.15, 0.2) is 18.2 Å². The molecule has 2 aromatic rings. The van der Waals surface area contributed by atoms with Crippen LogP contribution in [0.4, 0.5) is 0 Å². The van der Waals surface area contributed by atoms with Gasteiger partial charge in [0.1, 0.15) is 0 Å². The molecule has 1 unspecified atom stereocenters. The van der Waals surface area contributed by atoms with Crippen LogP contribution in [0.2, 0.25) is 0 Å². The molecule has 0 aliphatic rings. The summed E-state index contributed by atoms with van der Waals surface area (Å²) >= 11 is 0. The summed E-state index contributed by atoms with van der Waals surface area (Å²) in [7, 11) is 0. The van der Waals surface area contributed by atoms with E-state index in [1.54, 1.807) is 0 Å². The van der Waals surface area contributed by atoms with Gasteiger partial charge in [-0.3, -0.25) is 4.79 Å². The number of aromatic nitrogens is 1. The minimum absolute atomic E-state index is 0.0446. The Kier molecular flexibility index (Phi) is 5.83. The quantitative estimate of drug-likeness (QED) is 0.731. The van der Waals surface area contributed by atoms with E-state index in [1.807, 2.05) is 25.1 Å². The zero-order valence-corrected chi connectivity index (χ0v) is 14.6. The van der Waals surface area contributed by atoms with Gasteiger partial charge in [-0.15, -0.1) is 0 Å². The predicted molar refractivity (Wildman–Crippen MR) is 94.8 cm³/mol. The largest absolute Gasteiger partial charge is 0.396 e. The molecule has 2 rings (SSSR count). The Hall–Kier alpha value is -1.81. The molecular weight excluding hydrogens is 288 g/mol. The summed E-state index contributed by atoms with van der Waals surface area (Å²) in [6, 6.07) is 5.77. The molecule has 1 heterocycles. The first-order valence-corrected chi connectivity index (χ1v) is 8.40. The van der Waals surface area contributed by atoms with E-state index in [1.165, 1.54) is 5.56 Å². The van der Waals surface area contributed by atoms with E-state index in [2.05, 4.69) is 31.1 Å². The van der Waals surface area contributed by atoms with E-state index in [0.29, 0.717) is 23.9 Å². The highest BCUT2D eigenvalue weighted by atomic mass is 16.3. The van der Waals surface area contributed by atoms with Gasteiger partial charge in [-0.05, 0) is 62.3 Å². The molecule has 1 amide bonds. The summed E-state index contributed by atoms with van der Waals surface area (Å²) in [6.07, 6.45) is 1.74. The maximum atomic E-state index is 12.4. The van der Waals surface area contributed by atoms with Crippen molar-refractivity contribution in [2.45, 2.75) is 40.5 Å². The van der Waals surface area contributed by atoms with Gasteiger partial charge in [0.2, 0.25) is 0 Å². The molecule has 3 N–H and O–H groups in total. The number of hydrogen-bond donors (Lipinski definition) is 3. The van der Waals surface area contributed by atoms with Crippen molar-refractivity contribution >= 4 is 16.8 Å². The number of hydrogen-bond acceptors (Lipinski definition) is 2. The lowest BCUT2D eigenvalue weighted by atomic mass is 9.94. The molecule has 0 bridgehead atoms. The summed E-state index contributed by atoms with van der Waals surface area (Å²) in [5, 5.41) is 13.3. The van der Waals surface area contributed by atoms with Gasteiger partial charge in [-0.2, -0.15) is 0 Å². The van der Waals surface area contributed by atoms with Crippen LogP contribution < -0.4 is 5.32 Å². The van der Waals surface area contributed by atoms with E-state index in [4.69, 9.17) is 5.11 Å². The average molecular weight is 316 g/mol. The zero-order valence-electron chi connectivity index (χ0n) is 14.6. The molecule has 0 radical (unpaired) electrons. The van der Waals surface area contributed by atoms with Crippen molar-refractivity contribution in [1.82, 2.24) is 10.3 Å². The van der Waals surface area contributed by atoms with Gasteiger partial charge in [-0.25, -0.2) is 0 Å². The van der Waals surface area contributed by atoms with Crippen LogP contribution in [0.5, 0.6) is 0 Å². The number of H-pyrrole nitrogens is 1. The van der Waals surface area contributed by atoms with Crippen LogP contribution in [0.3, 0.4) is 0 Å². The second-order valence-corrected chi connectivity index (χ2v) is 6.85. The molecule has 1 atom stereocenters. The van der Waals surface area contributed by atoms with Crippen LogP contribution in [0.1, 0.15) is 48.3 Å². The van der Waals surface area contributed by atoms with Crippen molar-refractivity contribution in [1.29, 1.82) is 0 Å². The molecule has 126 valence electrons. The summed E-state index contributed by atoms with van der Waals surface area (Å²) in [5.74, 6) is 0.839. The first-order chi connectivity index (χ1) is 10.9. The number of nitrogens with one attached hydrogen (secondary N) is 2. The Morgan fingerprint density at radius 1 is 1.30 bits per heavy atom. The van der Waals surface area contributed by atoms with Crippen LogP contribution in [0, 0.1) is 25.7 Å². The van der Waals surface area contributed by atoms with Crippen LogP contribution in [-0.2, 0) is 0 Å². The third-order valence-corrected chi connectivity index (χ3v) is 4.46. The third kappa shape index (κ3) is 4.35. The fraction of sp³-hybridized carbons (Fsp3) is 0.526. The van der Waals surface area contributed by atoms with E-state index < -0.39 is 0 Å². The second-order valence-electron chi connectivity index (χ2n) is 6.85. The molecule has 0 saturated carbocycles. The van der Waals surface area contributed by atoms with Crippen LogP contribution in [-0.4, -0.2) is 29.1 Å². The number of aliphatic hydroxyl groups is 1. The van der Waals surface area contributed by atoms with Crippen LogP contribution >= 0.6 is 0 Å². The van der Waals surface area contributed by atoms with Crippen LogP contribution in [0.25, 0.3) is 10.9 Å². The number of benzene rings is 1. The summed E-state index contributed by atoms with van der Waals surface area (Å²) in [6.45, 7) is 9.21. The van der Waals surface area contributed by atoms with Crippen molar-refractivity contribution in [3.8, 4) is 0 Å². The van der Waals surface area contributed by atoms with Gasteiger partial charge in [0.25, 0.3) is 5.91 Å². The Bertz CT molecular complexity index is 673. The number of rotatable bonds is 7. The summed E-state index contributed by atoms with van der Waals surface area (Å²) in [5.41, 5.74) is 4.08. The Labute approximate surface area is 138 Å². The van der Waals surface area contributed by atoms with Gasteiger partial charge in [0.15, 0.2) is 0 Å². The fourth-order valence-electron chi connectivity index (χ4n) is 3.09. The smallest absolute Gasteiger partial charge is 0.251 e. The number of amides is 1. The van der Waals surface area contributed by atoms with Gasteiger partial charge < -0.3 is 15.4 Å². The number of fused-ring (bicyclic) bond motifs is 1. The molecule has 0 aliphatic carbocycles. The number of aryl methyl sites for hydroxylation is 2. The van der Waals surface area contributed by atoms with Crippen molar-refractivity contribution in [3.05, 3.63) is 35.0 Å². The normalized spacial score (nSPS) is 12.8. The van der Waals surface area contributed by atoms with Gasteiger partial charge in [-0.1, -0.05) is 13.8 Å². The number of carbonyl (C=O) groups excluding carboxylic acids is 1. The van der Waals surface area contributed by atoms with Crippen molar-refractivity contribution in [3.63, 3.8) is 0 Å². The molecule has 1 aromatic carbocycles. The molecule has 0 aliphatic heterocycles. The lowest BCUT2D eigenvalue weighted by Gasteiger charge is -2.18. The summed E-state index contributed by atoms with van der Waals surface area (Å²) < 4.78 is 0. The number of aliphatic hydroxyl groups excluding tert-OH is 1. The highest BCUT2D eigenvalue weighted by Crippen LogP contribution is 2.22. The van der Waals surface area contributed by atoms with E-state index in [-0.39, 0.29) is 12.5 Å².